The number of amides is 1. The number of aromatic nitrogens is 3. The van der Waals surface area contributed by atoms with Crippen LogP contribution < -0.4 is 11.2 Å². The maximum atomic E-state index is 13.8. The molecule has 6 nitrogen and oxygen atoms in total. The number of thioether (sulfide) groups is 1. The third-order valence-electron chi connectivity index (χ3n) is 3.37. The van der Waals surface area contributed by atoms with E-state index in [4.69, 9.17) is 17.4 Å². The molecule has 3 aromatic rings. The van der Waals surface area contributed by atoms with E-state index in [0.717, 1.165) is 17.8 Å². The normalized spacial score (nSPS) is 10.8. The molecule has 0 spiro atoms. The Hall–Kier alpha value is -2.17. The van der Waals surface area contributed by atoms with E-state index in [1.54, 1.807) is 24.3 Å². The van der Waals surface area contributed by atoms with Gasteiger partial charge in [-0.25, -0.2) is 13.5 Å². The topological polar surface area (TPSA) is 85.8 Å². The van der Waals surface area contributed by atoms with Crippen molar-refractivity contribution in [2.75, 3.05) is 16.9 Å². The van der Waals surface area contributed by atoms with Crippen molar-refractivity contribution >= 4 is 50.9 Å². The molecule has 3 N–H and O–H groups in total. The van der Waals surface area contributed by atoms with Gasteiger partial charge < -0.3 is 11.2 Å². The summed E-state index contributed by atoms with van der Waals surface area (Å²) in [6.07, 6.45) is 0. The van der Waals surface area contributed by atoms with Gasteiger partial charge in [0.25, 0.3) is 0 Å². The van der Waals surface area contributed by atoms with E-state index in [1.807, 2.05) is 0 Å². The number of nitrogen functional groups attached to an aromatic ring is 1. The quantitative estimate of drug-likeness (QED) is 0.430. The van der Waals surface area contributed by atoms with Gasteiger partial charge in [-0.1, -0.05) is 23.4 Å². The first kappa shape index (κ1) is 19.6. The van der Waals surface area contributed by atoms with Gasteiger partial charge in [0.2, 0.25) is 11.1 Å². The summed E-state index contributed by atoms with van der Waals surface area (Å²) in [6.45, 7) is 0. The van der Waals surface area contributed by atoms with Crippen LogP contribution in [0, 0.1) is 11.6 Å². The Bertz CT molecular complexity index is 976. The number of hydrogen-bond donors (Lipinski definition) is 2. The van der Waals surface area contributed by atoms with Crippen LogP contribution in [0.3, 0.4) is 0 Å². The number of nitrogens with zero attached hydrogens (tertiary/aromatic N) is 3. The number of carbonyl (C=O) groups excluding carboxylic acids is 1. The number of rotatable bonds is 5. The van der Waals surface area contributed by atoms with Gasteiger partial charge in [-0.15, -0.1) is 10.2 Å². The van der Waals surface area contributed by atoms with Gasteiger partial charge in [0.1, 0.15) is 5.82 Å². The van der Waals surface area contributed by atoms with Crippen LogP contribution in [0.4, 0.5) is 14.5 Å². The van der Waals surface area contributed by atoms with Crippen molar-refractivity contribution in [2.45, 2.75) is 5.16 Å². The summed E-state index contributed by atoms with van der Waals surface area (Å²) in [4.78, 5) is 12.1. The Labute approximate surface area is 170 Å². The summed E-state index contributed by atoms with van der Waals surface area (Å²) in [5, 5.41) is 11.2. The minimum atomic E-state index is -0.882. The average molecular weight is 475 g/mol. The zero-order chi connectivity index (χ0) is 19.6. The lowest BCUT2D eigenvalue weighted by Gasteiger charge is -2.08. The second-order valence-corrected chi connectivity index (χ2v) is 7.50. The number of nitrogens with two attached hydrogens (primary N) is 1. The molecule has 0 saturated carbocycles. The van der Waals surface area contributed by atoms with Gasteiger partial charge in [0.15, 0.2) is 11.6 Å². The first-order valence-corrected chi connectivity index (χ1v) is 9.54. The van der Waals surface area contributed by atoms with Crippen LogP contribution in [0.15, 0.2) is 46.0 Å². The summed E-state index contributed by atoms with van der Waals surface area (Å²) in [5.74, 6) is 4.13. The maximum absolute atomic E-state index is 13.8. The van der Waals surface area contributed by atoms with Crippen molar-refractivity contribution in [3.05, 3.63) is 57.5 Å². The van der Waals surface area contributed by atoms with Crippen LogP contribution in [-0.4, -0.2) is 26.5 Å². The monoisotopic (exact) mass is 473 g/mol. The molecule has 0 aliphatic carbocycles. The molecule has 0 atom stereocenters. The maximum Gasteiger partial charge on any atom is 0.234 e. The molecule has 140 valence electrons. The fraction of sp³-hybridized carbons (Fsp3) is 0.0625. The molecule has 1 amide bonds. The van der Waals surface area contributed by atoms with Crippen molar-refractivity contribution in [1.82, 2.24) is 14.9 Å². The lowest BCUT2D eigenvalue weighted by molar-refractivity contribution is -0.113. The highest BCUT2D eigenvalue weighted by Gasteiger charge is 2.16. The summed E-state index contributed by atoms with van der Waals surface area (Å²) in [7, 11) is 0. The number of benzene rings is 2. The van der Waals surface area contributed by atoms with Crippen LogP contribution >= 0.6 is 39.3 Å². The van der Waals surface area contributed by atoms with Gasteiger partial charge in [0.05, 0.1) is 11.4 Å². The Balaban J connectivity index is 1.67. The number of nitrogens with one attached hydrogen (secondary N) is 1. The first-order chi connectivity index (χ1) is 12.8. The van der Waals surface area contributed by atoms with Gasteiger partial charge in [-0.2, -0.15) is 0 Å². The predicted octanol–water partition coefficient (Wildman–Crippen LogP) is 4.08. The molecule has 27 heavy (non-hydrogen) atoms. The van der Waals surface area contributed by atoms with Crippen molar-refractivity contribution in [1.29, 1.82) is 0 Å². The molecule has 0 unspecified atom stereocenters. The molecular weight excluding hydrogens is 464 g/mol. The molecule has 0 radical (unpaired) electrons. The molecule has 0 fully saturated rings. The lowest BCUT2D eigenvalue weighted by atomic mass is 10.2. The van der Waals surface area contributed by atoms with Crippen LogP contribution in [0.2, 0.25) is 5.02 Å². The van der Waals surface area contributed by atoms with Crippen molar-refractivity contribution in [3.8, 4) is 11.4 Å². The summed E-state index contributed by atoms with van der Waals surface area (Å²) in [5.41, 5.74) is 0.570. The summed E-state index contributed by atoms with van der Waals surface area (Å²) in [6, 6.07) is 8.61. The highest BCUT2D eigenvalue weighted by molar-refractivity contribution is 9.10. The molecule has 11 heteroatoms. The fourth-order valence-corrected chi connectivity index (χ4v) is 3.43. The van der Waals surface area contributed by atoms with E-state index >= 15 is 0 Å². The Morgan fingerprint density at radius 1 is 1.26 bits per heavy atom. The number of anilines is 1. The Morgan fingerprint density at radius 2 is 1.96 bits per heavy atom. The van der Waals surface area contributed by atoms with Crippen LogP contribution in [0.5, 0.6) is 0 Å². The summed E-state index contributed by atoms with van der Waals surface area (Å²) < 4.78 is 28.2. The van der Waals surface area contributed by atoms with Gasteiger partial charge in [0, 0.05) is 21.1 Å². The largest absolute Gasteiger partial charge is 0.335 e. The van der Waals surface area contributed by atoms with Gasteiger partial charge in [-0.3, -0.25) is 4.79 Å². The predicted molar refractivity (Wildman–Crippen MR) is 104 cm³/mol. The third kappa shape index (κ3) is 4.57. The fourth-order valence-electron chi connectivity index (χ4n) is 2.14. The van der Waals surface area contributed by atoms with E-state index < -0.39 is 17.5 Å². The second-order valence-electron chi connectivity index (χ2n) is 5.26. The van der Waals surface area contributed by atoms with Crippen LogP contribution in [0.25, 0.3) is 11.4 Å². The summed E-state index contributed by atoms with van der Waals surface area (Å²) >= 11 is 9.89. The highest BCUT2D eigenvalue weighted by Crippen LogP contribution is 2.28. The van der Waals surface area contributed by atoms with E-state index in [9.17, 15) is 13.6 Å². The lowest BCUT2D eigenvalue weighted by Crippen LogP contribution is -2.17. The minimum absolute atomic E-state index is 0.0980. The van der Waals surface area contributed by atoms with Crippen LogP contribution in [-0.2, 0) is 4.79 Å². The van der Waals surface area contributed by atoms with E-state index in [2.05, 4.69) is 31.4 Å². The van der Waals surface area contributed by atoms with Crippen LogP contribution in [0.1, 0.15) is 0 Å². The first-order valence-electron chi connectivity index (χ1n) is 7.39. The SMILES string of the molecule is Nn1c(SCC(=O)Nc2c(F)cc(F)cc2Br)nnc1-c1ccc(Cl)cc1. The second kappa shape index (κ2) is 8.24. The van der Waals surface area contributed by atoms with Crippen molar-refractivity contribution in [2.24, 2.45) is 0 Å². The molecular formula is C16H11BrClF2N5OS. The van der Waals surface area contributed by atoms with Gasteiger partial charge >= 0.3 is 0 Å². The van der Waals surface area contributed by atoms with Crippen molar-refractivity contribution in [3.63, 3.8) is 0 Å². The van der Waals surface area contributed by atoms with Gasteiger partial charge in [-0.05, 0) is 46.3 Å². The molecule has 0 saturated heterocycles. The van der Waals surface area contributed by atoms with E-state index in [1.165, 1.54) is 4.68 Å². The Morgan fingerprint density at radius 3 is 2.63 bits per heavy atom. The van der Waals surface area contributed by atoms with E-state index in [-0.39, 0.29) is 15.9 Å². The molecule has 1 heterocycles. The number of carbonyl (C=O) groups is 1. The highest BCUT2D eigenvalue weighted by atomic mass is 79.9. The zero-order valence-corrected chi connectivity index (χ0v) is 16.6. The molecule has 2 aromatic carbocycles. The zero-order valence-electron chi connectivity index (χ0n) is 13.4. The smallest absolute Gasteiger partial charge is 0.234 e. The van der Waals surface area contributed by atoms with Crippen molar-refractivity contribution < 1.29 is 13.6 Å². The average Bonchev–Trinajstić information content (AvgIpc) is 2.98. The minimum Gasteiger partial charge on any atom is -0.335 e. The number of hydrogen-bond acceptors (Lipinski definition) is 5. The third-order valence-corrected chi connectivity index (χ3v) is 5.19. The Kier molecular flexibility index (Phi) is 5.98. The number of halogens is 4. The standard InChI is InChI=1S/C16H11BrClF2N5OS/c17-11-5-10(19)6-12(20)14(11)22-13(26)7-27-16-24-23-15(25(16)21)8-1-3-9(18)4-2-8/h1-6H,7,21H2,(H,22,26). The van der Waals surface area contributed by atoms with E-state index in [0.29, 0.717) is 27.6 Å². The molecule has 0 aliphatic rings. The molecule has 0 aliphatic heterocycles. The molecule has 3 rings (SSSR count). The molecule has 1 aromatic heterocycles. The molecule has 0 bridgehead atoms.